The summed E-state index contributed by atoms with van der Waals surface area (Å²) in [4.78, 5) is 0. The van der Waals surface area contributed by atoms with Gasteiger partial charge in [0.1, 0.15) is 17.4 Å². The summed E-state index contributed by atoms with van der Waals surface area (Å²) in [5, 5.41) is 9.28. The van der Waals surface area contributed by atoms with Crippen molar-refractivity contribution in [3.8, 4) is 28.0 Å². The second-order valence-corrected chi connectivity index (χ2v) is 5.20. The van der Waals surface area contributed by atoms with Gasteiger partial charge >= 0.3 is 0 Å². The van der Waals surface area contributed by atoms with Crippen molar-refractivity contribution in [2.75, 3.05) is 0 Å². The van der Waals surface area contributed by atoms with Crippen molar-refractivity contribution in [2.24, 2.45) is 0 Å². The van der Waals surface area contributed by atoms with Crippen molar-refractivity contribution in [2.45, 2.75) is 6.92 Å². The van der Waals surface area contributed by atoms with Crippen LogP contribution in [0, 0.1) is 18.6 Å². The number of phenolic OH excluding ortho intramolecular Hbond substituents is 1. The zero-order chi connectivity index (χ0) is 15.7. The summed E-state index contributed by atoms with van der Waals surface area (Å²) >= 11 is 0. The highest BCUT2D eigenvalue weighted by atomic mass is 19.1. The van der Waals surface area contributed by atoms with E-state index in [2.05, 4.69) is 0 Å². The van der Waals surface area contributed by atoms with Crippen LogP contribution < -0.4 is 0 Å². The van der Waals surface area contributed by atoms with Crippen molar-refractivity contribution in [1.82, 2.24) is 0 Å². The van der Waals surface area contributed by atoms with Crippen LogP contribution >= 0.6 is 0 Å². The first-order valence-corrected chi connectivity index (χ1v) is 6.90. The van der Waals surface area contributed by atoms with Crippen LogP contribution in [0.5, 0.6) is 5.75 Å². The molecule has 0 aromatic heterocycles. The van der Waals surface area contributed by atoms with Gasteiger partial charge in [0.25, 0.3) is 0 Å². The molecule has 0 heterocycles. The van der Waals surface area contributed by atoms with E-state index in [4.69, 9.17) is 0 Å². The highest BCUT2D eigenvalue weighted by Gasteiger charge is 2.09. The Morgan fingerprint density at radius 2 is 1.36 bits per heavy atom. The van der Waals surface area contributed by atoms with Gasteiger partial charge in [0.05, 0.1) is 0 Å². The van der Waals surface area contributed by atoms with Crippen LogP contribution in [0.2, 0.25) is 0 Å². The van der Waals surface area contributed by atoms with Gasteiger partial charge in [0.15, 0.2) is 0 Å². The lowest BCUT2D eigenvalue weighted by Gasteiger charge is -2.10. The lowest BCUT2D eigenvalue weighted by Crippen LogP contribution is -1.88. The summed E-state index contributed by atoms with van der Waals surface area (Å²) in [5.41, 5.74) is 4.03. The largest absolute Gasteiger partial charge is 0.508 e. The van der Waals surface area contributed by atoms with E-state index >= 15 is 0 Å². The van der Waals surface area contributed by atoms with E-state index in [9.17, 15) is 13.9 Å². The molecule has 3 heteroatoms. The van der Waals surface area contributed by atoms with Gasteiger partial charge in [-0.2, -0.15) is 0 Å². The van der Waals surface area contributed by atoms with E-state index in [-0.39, 0.29) is 11.6 Å². The summed E-state index contributed by atoms with van der Waals surface area (Å²) in [6, 6.07) is 16.0. The number of hydrogen-bond donors (Lipinski definition) is 1. The van der Waals surface area contributed by atoms with Crippen molar-refractivity contribution >= 4 is 0 Å². The Morgan fingerprint density at radius 1 is 0.727 bits per heavy atom. The van der Waals surface area contributed by atoms with Crippen molar-refractivity contribution in [3.63, 3.8) is 0 Å². The van der Waals surface area contributed by atoms with E-state index < -0.39 is 5.82 Å². The van der Waals surface area contributed by atoms with E-state index in [1.807, 2.05) is 25.1 Å². The Bertz CT molecular complexity index is 823. The minimum absolute atomic E-state index is 0.0964. The number of rotatable bonds is 2. The predicted octanol–water partition coefficient (Wildman–Crippen LogP) is 5.31. The minimum atomic E-state index is -0.464. The molecule has 3 aromatic rings. The van der Waals surface area contributed by atoms with Gasteiger partial charge in [0, 0.05) is 11.6 Å². The fourth-order valence-corrected chi connectivity index (χ4v) is 2.52. The molecule has 0 atom stereocenters. The van der Waals surface area contributed by atoms with Crippen LogP contribution in [0.1, 0.15) is 5.56 Å². The Kier molecular flexibility index (Phi) is 3.63. The normalized spacial score (nSPS) is 10.7. The molecule has 0 bridgehead atoms. The third-order valence-corrected chi connectivity index (χ3v) is 3.65. The van der Waals surface area contributed by atoms with Crippen LogP contribution in [0.25, 0.3) is 22.3 Å². The van der Waals surface area contributed by atoms with Gasteiger partial charge < -0.3 is 5.11 Å². The third kappa shape index (κ3) is 2.70. The second kappa shape index (κ2) is 5.60. The molecule has 0 saturated heterocycles. The predicted molar refractivity (Wildman–Crippen MR) is 83.6 cm³/mol. The van der Waals surface area contributed by atoms with E-state index in [0.717, 1.165) is 28.3 Å². The minimum Gasteiger partial charge on any atom is -0.508 e. The van der Waals surface area contributed by atoms with Crippen LogP contribution in [0.4, 0.5) is 8.78 Å². The summed E-state index contributed by atoms with van der Waals surface area (Å²) in [5.74, 6) is -0.834. The zero-order valence-electron chi connectivity index (χ0n) is 12.0. The third-order valence-electron chi connectivity index (χ3n) is 3.65. The average molecular weight is 296 g/mol. The molecule has 0 amide bonds. The maximum Gasteiger partial charge on any atom is 0.134 e. The first kappa shape index (κ1) is 14.3. The topological polar surface area (TPSA) is 20.2 Å². The first-order valence-electron chi connectivity index (χ1n) is 6.90. The number of halogens is 2. The molecule has 110 valence electrons. The summed E-state index contributed by atoms with van der Waals surface area (Å²) in [7, 11) is 0. The highest BCUT2D eigenvalue weighted by molar-refractivity contribution is 5.74. The first-order chi connectivity index (χ1) is 10.5. The van der Waals surface area contributed by atoms with Crippen LogP contribution in [-0.2, 0) is 0 Å². The van der Waals surface area contributed by atoms with Crippen LogP contribution in [-0.4, -0.2) is 5.11 Å². The number of hydrogen-bond acceptors (Lipinski definition) is 1. The number of aromatic hydroxyl groups is 1. The molecular weight excluding hydrogens is 282 g/mol. The van der Waals surface area contributed by atoms with Gasteiger partial charge in [-0.25, -0.2) is 8.78 Å². The van der Waals surface area contributed by atoms with Gasteiger partial charge in [0.2, 0.25) is 0 Å². The Hall–Kier alpha value is -2.68. The molecule has 0 radical (unpaired) electrons. The smallest absolute Gasteiger partial charge is 0.134 e. The molecule has 3 rings (SSSR count). The Balaban J connectivity index is 2.03. The summed E-state index contributed by atoms with van der Waals surface area (Å²) in [6.45, 7) is 1.93. The molecule has 22 heavy (non-hydrogen) atoms. The summed E-state index contributed by atoms with van der Waals surface area (Å²) < 4.78 is 26.9. The lowest BCUT2D eigenvalue weighted by molar-refractivity contribution is 0.469. The molecule has 0 aliphatic heterocycles. The highest BCUT2D eigenvalue weighted by Crippen LogP contribution is 2.31. The van der Waals surface area contributed by atoms with E-state index in [1.165, 1.54) is 18.2 Å². The maximum absolute atomic E-state index is 13.9. The van der Waals surface area contributed by atoms with Crippen molar-refractivity contribution in [3.05, 3.63) is 77.9 Å². The molecule has 1 N–H and O–H groups in total. The molecule has 1 nitrogen and oxygen atoms in total. The molecular formula is C19H14F2O. The Morgan fingerprint density at radius 3 is 2.00 bits per heavy atom. The van der Waals surface area contributed by atoms with Crippen molar-refractivity contribution in [1.29, 1.82) is 0 Å². The number of benzene rings is 3. The molecule has 3 aromatic carbocycles. The van der Waals surface area contributed by atoms with E-state index in [1.54, 1.807) is 18.2 Å². The fraction of sp³-hybridized carbons (Fsp3) is 0.0526. The van der Waals surface area contributed by atoms with Gasteiger partial charge in [-0.1, -0.05) is 30.3 Å². The van der Waals surface area contributed by atoms with Gasteiger partial charge in [-0.3, -0.25) is 0 Å². The molecule has 0 fully saturated rings. The monoisotopic (exact) mass is 296 g/mol. The lowest BCUT2D eigenvalue weighted by atomic mass is 9.95. The van der Waals surface area contributed by atoms with E-state index in [0.29, 0.717) is 5.56 Å². The van der Waals surface area contributed by atoms with Crippen LogP contribution in [0.15, 0.2) is 60.7 Å². The van der Waals surface area contributed by atoms with Gasteiger partial charge in [-0.05, 0) is 53.4 Å². The molecule has 0 aliphatic carbocycles. The quantitative estimate of drug-likeness (QED) is 0.679. The molecule has 0 aliphatic rings. The summed E-state index contributed by atoms with van der Waals surface area (Å²) in [6.07, 6.45) is 0. The SMILES string of the molecule is Cc1cc(-c2ccc(O)cc2F)ccc1-c1ccc(F)cc1. The fourth-order valence-electron chi connectivity index (χ4n) is 2.52. The average Bonchev–Trinajstić information content (AvgIpc) is 2.48. The van der Waals surface area contributed by atoms with Crippen LogP contribution in [0.3, 0.4) is 0 Å². The number of phenols is 1. The van der Waals surface area contributed by atoms with Crippen molar-refractivity contribution < 1.29 is 13.9 Å². The van der Waals surface area contributed by atoms with Gasteiger partial charge in [-0.15, -0.1) is 0 Å². The standard InChI is InChI=1S/C19H14F2O/c1-12-10-14(18-9-7-16(22)11-19(18)21)4-8-17(12)13-2-5-15(20)6-3-13/h2-11,22H,1H3. The Labute approximate surface area is 127 Å². The molecule has 0 unspecified atom stereocenters. The number of aryl methyl sites for hydroxylation is 1. The second-order valence-electron chi connectivity index (χ2n) is 5.20. The molecule has 0 saturated carbocycles. The molecule has 0 spiro atoms. The zero-order valence-corrected chi connectivity index (χ0v) is 12.0. The maximum atomic E-state index is 13.9.